The van der Waals surface area contributed by atoms with Gasteiger partial charge in [-0.05, 0) is 87.7 Å². The second kappa shape index (κ2) is 13.2. The third kappa shape index (κ3) is 7.01. The van der Waals surface area contributed by atoms with Gasteiger partial charge in [-0.3, -0.25) is 9.89 Å². The van der Waals surface area contributed by atoms with E-state index >= 15 is 0 Å². The molecule has 0 bridgehead atoms. The van der Waals surface area contributed by atoms with Crippen molar-refractivity contribution in [1.29, 1.82) is 0 Å². The summed E-state index contributed by atoms with van der Waals surface area (Å²) in [6.07, 6.45) is 10.9. The lowest BCUT2D eigenvalue weighted by molar-refractivity contribution is -0.135. The fourth-order valence-corrected chi connectivity index (χ4v) is 7.36. The zero-order valence-electron chi connectivity index (χ0n) is 21.6. The number of rotatable bonds is 12. The second-order valence-electron chi connectivity index (χ2n) is 10.3. The van der Waals surface area contributed by atoms with Crippen molar-refractivity contribution in [2.45, 2.75) is 89.3 Å². The van der Waals surface area contributed by atoms with Crippen LogP contribution in [0.4, 0.5) is 13.2 Å². The Balaban J connectivity index is 1.56. The number of nitrogens with two attached hydrogens (primary N) is 1. The number of thiophene rings is 1. The number of hydrogen-bond donors (Lipinski definition) is 2. The average molecular weight is 526 g/mol. The fourth-order valence-electron chi connectivity index (χ4n) is 5.86. The molecule has 0 aromatic carbocycles. The normalized spacial score (nSPS) is 19.6. The Morgan fingerprint density at radius 1 is 1.28 bits per heavy atom. The Morgan fingerprint density at radius 3 is 2.64 bits per heavy atom. The van der Waals surface area contributed by atoms with Gasteiger partial charge in [-0.1, -0.05) is 25.8 Å². The molecule has 0 saturated carbocycles. The SMILES string of the molecule is C=CCCCC(CC)CCN=C/C(=C\N)CN1CCC2(CCCc3c2sc(C(F)(F)F)c3CO)CC1. The number of aliphatic hydroxyl groups is 1. The van der Waals surface area contributed by atoms with Crippen LogP contribution in [-0.4, -0.2) is 42.4 Å². The first-order valence-corrected chi connectivity index (χ1v) is 14.2. The van der Waals surface area contributed by atoms with Gasteiger partial charge in [0.05, 0.1) is 6.61 Å². The van der Waals surface area contributed by atoms with Gasteiger partial charge < -0.3 is 10.8 Å². The van der Waals surface area contributed by atoms with Crippen molar-refractivity contribution in [2.24, 2.45) is 16.6 Å². The Morgan fingerprint density at radius 2 is 2.03 bits per heavy atom. The first-order chi connectivity index (χ1) is 17.3. The summed E-state index contributed by atoms with van der Waals surface area (Å²) in [5.74, 6) is 0.688. The van der Waals surface area contributed by atoms with E-state index in [2.05, 4.69) is 23.4 Å². The van der Waals surface area contributed by atoms with Crippen LogP contribution >= 0.6 is 11.3 Å². The zero-order valence-corrected chi connectivity index (χ0v) is 22.4. The highest BCUT2D eigenvalue weighted by molar-refractivity contribution is 7.12. The Hall–Kier alpha value is -1.64. The molecular weight excluding hydrogens is 483 g/mol. The van der Waals surface area contributed by atoms with E-state index in [9.17, 15) is 18.3 Å². The zero-order chi connectivity index (χ0) is 26.2. The van der Waals surface area contributed by atoms with Crippen LogP contribution in [0.2, 0.25) is 0 Å². The van der Waals surface area contributed by atoms with E-state index in [4.69, 9.17) is 5.73 Å². The highest BCUT2D eigenvalue weighted by Crippen LogP contribution is 2.52. The van der Waals surface area contributed by atoms with Crippen molar-refractivity contribution >= 4 is 17.6 Å². The lowest BCUT2D eigenvalue weighted by Crippen LogP contribution is -2.44. The molecule has 0 amide bonds. The number of halogens is 3. The van der Waals surface area contributed by atoms with Gasteiger partial charge in [0.2, 0.25) is 0 Å². The molecule has 1 spiro atoms. The maximum atomic E-state index is 13.6. The van der Waals surface area contributed by atoms with Crippen molar-refractivity contribution < 1.29 is 18.3 Å². The first kappa shape index (κ1) is 28.9. The van der Waals surface area contributed by atoms with Gasteiger partial charge in [0.1, 0.15) is 4.88 Å². The molecule has 1 atom stereocenters. The molecule has 2 aliphatic rings. The van der Waals surface area contributed by atoms with Gasteiger partial charge in [-0.25, -0.2) is 0 Å². The van der Waals surface area contributed by atoms with Crippen LogP contribution in [0.3, 0.4) is 0 Å². The molecule has 36 heavy (non-hydrogen) atoms. The quantitative estimate of drug-likeness (QED) is 0.183. The van der Waals surface area contributed by atoms with E-state index < -0.39 is 17.7 Å². The number of aliphatic hydroxyl groups excluding tert-OH is 1. The van der Waals surface area contributed by atoms with Crippen LogP contribution in [0, 0.1) is 5.92 Å². The number of fused-ring (bicyclic) bond motifs is 2. The summed E-state index contributed by atoms with van der Waals surface area (Å²) >= 11 is 0.881. The molecule has 202 valence electrons. The Labute approximate surface area is 218 Å². The van der Waals surface area contributed by atoms with Crippen molar-refractivity contribution in [3.63, 3.8) is 0 Å². The summed E-state index contributed by atoms with van der Waals surface area (Å²) in [7, 11) is 0. The number of likely N-dealkylation sites (tertiary alicyclic amines) is 1. The lowest BCUT2D eigenvalue weighted by atomic mass is 9.68. The highest BCUT2D eigenvalue weighted by atomic mass is 32.1. The van der Waals surface area contributed by atoms with E-state index in [1.807, 2.05) is 12.3 Å². The number of nitrogens with zero attached hydrogens (tertiary/aromatic N) is 2. The third-order valence-electron chi connectivity index (χ3n) is 8.05. The van der Waals surface area contributed by atoms with Crippen LogP contribution < -0.4 is 5.73 Å². The summed E-state index contributed by atoms with van der Waals surface area (Å²) in [4.78, 5) is 7.24. The van der Waals surface area contributed by atoms with Crippen molar-refractivity contribution in [3.05, 3.63) is 45.3 Å². The predicted octanol–water partition coefficient (Wildman–Crippen LogP) is 6.62. The largest absolute Gasteiger partial charge is 0.425 e. The van der Waals surface area contributed by atoms with Gasteiger partial charge in [0, 0.05) is 35.2 Å². The van der Waals surface area contributed by atoms with Crippen LogP contribution in [0.15, 0.2) is 29.4 Å². The molecule has 1 aliphatic heterocycles. The molecule has 1 aromatic heterocycles. The Kier molecular flexibility index (Phi) is 10.6. The summed E-state index contributed by atoms with van der Waals surface area (Å²) in [6, 6.07) is 0. The number of piperidine rings is 1. The monoisotopic (exact) mass is 525 g/mol. The van der Waals surface area contributed by atoms with E-state index in [-0.39, 0.29) is 11.0 Å². The molecule has 0 radical (unpaired) electrons. The van der Waals surface area contributed by atoms with Crippen molar-refractivity contribution in [1.82, 2.24) is 4.90 Å². The maximum absolute atomic E-state index is 13.6. The topological polar surface area (TPSA) is 61.8 Å². The highest BCUT2D eigenvalue weighted by Gasteiger charge is 2.46. The van der Waals surface area contributed by atoms with Crippen LogP contribution in [0.5, 0.6) is 0 Å². The minimum absolute atomic E-state index is 0.111. The average Bonchev–Trinajstić information content (AvgIpc) is 3.27. The summed E-state index contributed by atoms with van der Waals surface area (Å²) in [6.45, 7) is 8.62. The molecule has 3 N–H and O–H groups in total. The van der Waals surface area contributed by atoms with Gasteiger partial charge >= 0.3 is 6.18 Å². The van der Waals surface area contributed by atoms with Gasteiger partial charge in [0.15, 0.2) is 0 Å². The third-order valence-corrected chi connectivity index (χ3v) is 9.62. The molecule has 8 heteroatoms. The minimum Gasteiger partial charge on any atom is -0.404 e. The lowest BCUT2D eigenvalue weighted by Gasteiger charge is -2.44. The maximum Gasteiger partial charge on any atom is 0.425 e. The molecule has 1 saturated heterocycles. The van der Waals surface area contributed by atoms with Gasteiger partial charge in [-0.15, -0.1) is 17.9 Å². The van der Waals surface area contributed by atoms with E-state index in [0.717, 1.165) is 91.9 Å². The van der Waals surface area contributed by atoms with Gasteiger partial charge in [0.25, 0.3) is 0 Å². The molecule has 1 aromatic rings. The first-order valence-electron chi connectivity index (χ1n) is 13.3. The number of unbranched alkanes of at least 4 members (excludes halogenated alkanes) is 1. The predicted molar refractivity (Wildman–Crippen MR) is 144 cm³/mol. The van der Waals surface area contributed by atoms with Crippen LogP contribution in [0.25, 0.3) is 0 Å². The molecule has 1 unspecified atom stereocenters. The number of alkyl halides is 3. The molecular formula is C28H42F3N3OS. The summed E-state index contributed by atoms with van der Waals surface area (Å²) in [5, 5.41) is 9.73. The standard InChI is InChI=1S/C28H42F3N3OS/c1-3-5-6-8-21(4-2)10-14-33-18-22(17-32)19-34-15-12-27(13-16-34)11-7-9-23-24(20-35)26(28(29,30)31)36-25(23)27/h3,17-18,21,35H,1,4-16,19-20,32H2,2H3/b22-17+,33-18?. The minimum atomic E-state index is -4.41. The van der Waals surface area contributed by atoms with Crippen molar-refractivity contribution in [3.8, 4) is 0 Å². The number of hydrogen-bond acceptors (Lipinski definition) is 5. The van der Waals surface area contributed by atoms with E-state index in [1.54, 1.807) is 6.20 Å². The number of aliphatic imine (C=N–C) groups is 1. The van der Waals surface area contributed by atoms with Gasteiger partial charge in [-0.2, -0.15) is 13.2 Å². The summed E-state index contributed by atoms with van der Waals surface area (Å²) in [5.41, 5.74) is 7.54. The van der Waals surface area contributed by atoms with Crippen LogP contribution in [0.1, 0.15) is 85.6 Å². The molecule has 1 aliphatic carbocycles. The second-order valence-corrected chi connectivity index (χ2v) is 11.4. The molecule has 2 heterocycles. The summed E-state index contributed by atoms with van der Waals surface area (Å²) < 4.78 is 40.9. The van der Waals surface area contributed by atoms with Crippen LogP contribution in [-0.2, 0) is 24.6 Å². The van der Waals surface area contributed by atoms with E-state index in [0.29, 0.717) is 18.9 Å². The van der Waals surface area contributed by atoms with Crippen molar-refractivity contribution in [2.75, 3.05) is 26.2 Å². The smallest absolute Gasteiger partial charge is 0.404 e. The molecule has 4 nitrogen and oxygen atoms in total. The molecule has 1 fully saturated rings. The van der Waals surface area contributed by atoms with E-state index in [1.165, 1.54) is 12.8 Å². The fraction of sp³-hybridized carbons (Fsp3) is 0.679. The molecule has 3 rings (SSSR count). The Bertz CT molecular complexity index is 914. The number of allylic oxidation sites excluding steroid dienone is 1.